The highest BCUT2D eigenvalue weighted by Gasteiger charge is 2.19. The number of anilines is 2. The van der Waals surface area contributed by atoms with Crippen LogP contribution in [0.15, 0.2) is 79.3 Å². The van der Waals surface area contributed by atoms with E-state index in [2.05, 4.69) is 20.3 Å². The molecule has 0 unspecified atom stereocenters. The maximum atomic E-state index is 14.3. The molecule has 0 spiro atoms. The molecule has 182 valence electrons. The highest BCUT2D eigenvalue weighted by Crippen LogP contribution is 2.31. The number of sulfonamides is 1. The minimum atomic E-state index is -3.64. The quantitative estimate of drug-likeness (QED) is 0.306. The van der Waals surface area contributed by atoms with Crippen LogP contribution in [-0.4, -0.2) is 39.4 Å². The van der Waals surface area contributed by atoms with Crippen molar-refractivity contribution < 1.29 is 17.6 Å². The minimum Gasteiger partial charge on any atom is -0.388 e. The Morgan fingerprint density at radius 2 is 1.78 bits per heavy atom. The van der Waals surface area contributed by atoms with Gasteiger partial charge in [0.2, 0.25) is 15.8 Å². The summed E-state index contributed by atoms with van der Waals surface area (Å²) in [5, 5.41) is 8.55. The molecule has 12 heteroatoms. The molecule has 2 N–H and O–H groups in total. The third kappa shape index (κ3) is 5.14. The van der Waals surface area contributed by atoms with E-state index < -0.39 is 10.0 Å². The average Bonchev–Trinajstić information content (AvgIpc) is 3.23. The van der Waals surface area contributed by atoms with Gasteiger partial charge in [-0.2, -0.15) is 5.10 Å². The van der Waals surface area contributed by atoms with Crippen LogP contribution in [-0.2, 0) is 16.6 Å². The fourth-order valence-electron chi connectivity index (χ4n) is 3.54. The van der Waals surface area contributed by atoms with Crippen molar-refractivity contribution in [2.45, 2.75) is 6.54 Å². The number of nitrogens with one attached hydrogen (secondary N) is 2. The second-order valence-electron chi connectivity index (χ2n) is 7.84. The summed E-state index contributed by atoms with van der Waals surface area (Å²) < 4.78 is 39.1. The molecule has 5 aromatic rings. The van der Waals surface area contributed by atoms with Crippen LogP contribution in [0.4, 0.5) is 15.9 Å². The van der Waals surface area contributed by atoms with E-state index in [1.807, 2.05) is 29.2 Å². The van der Waals surface area contributed by atoms with Gasteiger partial charge in [0.1, 0.15) is 11.5 Å². The maximum Gasteiger partial charge on any atom is 0.239 e. The summed E-state index contributed by atoms with van der Waals surface area (Å²) in [5.41, 5.74) is 2.40. The summed E-state index contributed by atoms with van der Waals surface area (Å²) in [5.74, 6) is 0.200. The Morgan fingerprint density at radius 1 is 1.03 bits per heavy atom. The van der Waals surface area contributed by atoms with E-state index in [4.69, 9.17) is 9.94 Å². The van der Waals surface area contributed by atoms with E-state index in [-0.39, 0.29) is 29.8 Å². The number of hydrogen-bond acceptors (Lipinski definition) is 8. The number of pyridine rings is 1. The van der Waals surface area contributed by atoms with Crippen LogP contribution >= 0.6 is 0 Å². The van der Waals surface area contributed by atoms with Gasteiger partial charge < -0.3 is 10.2 Å². The molecule has 3 aromatic heterocycles. The Bertz CT molecular complexity index is 1640. The topological polar surface area (TPSA) is 124 Å². The van der Waals surface area contributed by atoms with Crippen molar-refractivity contribution in [3.05, 3.63) is 90.6 Å². The number of nitrogens with zero attached hydrogens (tertiary/aromatic N) is 5. The molecule has 0 radical (unpaired) electrons. The highest BCUT2D eigenvalue weighted by atomic mass is 32.2. The van der Waals surface area contributed by atoms with Gasteiger partial charge in [0.15, 0.2) is 11.6 Å². The summed E-state index contributed by atoms with van der Waals surface area (Å²) >= 11 is 0. The number of hydrogen-bond donors (Lipinski definition) is 2. The van der Waals surface area contributed by atoms with Gasteiger partial charge in [0.25, 0.3) is 0 Å². The standard InChI is InChI=1S/C24H20FN7O3S/c1-36(33,34)31-35-21-14-27-24(29-23(21)28-17-10-12-26-13-11-17)22-18-7-3-5-9-20(18)32(30-22)15-16-6-2-4-8-19(16)25/h2-14,31H,15H2,1H3,(H,26,27,28,29). The molecule has 5 rings (SSSR count). The molecule has 0 fully saturated rings. The van der Waals surface area contributed by atoms with E-state index >= 15 is 0 Å². The molecule has 0 amide bonds. The van der Waals surface area contributed by atoms with Crippen LogP contribution < -0.4 is 15.0 Å². The van der Waals surface area contributed by atoms with E-state index in [0.717, 1.165) is 17.2 Å². The number of aromatic nitrogens is 5. The Hall–Kier alpha value is -4.42. The number of para-hydroxylation sites is 1. The average molecular weight is 506 g/mol. The van der Waals surface area contributed by atoms with E-state index in [9.17, 15) is 12.8 Å². The van der Waals surface area contributed by atoms with Gasteiger partial charge in [-0.3, -0.25) is 9.67 Å². The normalized spacial score (nSPS) is 11.5. The number of benzene rings is 2. The van der Waals surface area contributed by atoms with Crippen LogP contribution in [0.2, 0.25) is 0 Å². The molecular weight excluding hydrogens is 485 g/mol. The second kappa shape index (κ2) is 9.68. The summed E-state index contributed by atoms with van der Waals surface area (Å²) in [6.07, 6.45) is 5.50. The molecule has 36 heavy (non-hydrogen) atoms. The van der Waals surface area contributed by atoms with Gasteiger partial charge in [-0.1, -0.05) is 36.4 Å². The van der Waals surface area contributed by atoms with Gasteiger partial charge in [-0.15, -0.1) is 0 Å². The lowest BCUT2D eigenvalue weighted by Crippen LogP contribution is -2.26. The SMILES string of the molecule is CS(=O)(=O)NOc1cnc(-c2nn(Cc3ccccc3F)c3ccccc23)nc1Nc1ccncc1. The lowest BCUT2D eigenvalue weighted by atomic mass is 10.2. The zero-order valence-corrected chi connectivity index (χ0v) is 19.8. The first kappa shape index (κ1) is 23.3. The van der Waals surface area contributed by atoms with Crippen molar-refractivity contribution in [2.75, 3.05) is 11.6 Å². The number of rotatable bonds is 8. The molecule has 0 saturated carbocycles. The second-order valence-corrected chi connectivity index (χ2v) is 9.55. The number of fused-ring (bicyclic) bond motifs is 1. The largest absolute Gasteiger partial charge is 0.388 e. The summed E-state index contributed by atoms with van der Waals surface area (Å²) in [6.45, 7) is 0.217. The molecule has 0 aliphatic carbocycles. The van der Waals surface area contributed by atoms with Crippen molar-refractivity contribution >= 4 is 32.4 Å². The van der Waals surface area contributed by atoms with Crippen LogP contribution in [0.25, 0.3) is 22.4 Å². The molecule has 3 heterocycles. The van der Waals surface area contributed by atoms with Gasteiger partial charge in [-0.25, -0.2) is 22.8 Å². The lowest BCUT2D eigenvalue weighted by Gasteiger charge is -2.12. The lowest BCUT2D eigenvalue weighted by molar-refractivity contribution is 0.270. The molecule has 2 aromatic carbocycles. The van der Waals surface area contributed by atoms with Crippen molar-refractivity contribution in [2.24, 2.45) is 0 Å². The first-order valence-corrected chi connectivity index (χ1v) is 12.6. The predicted octanol–water partition coefficient (Wildman–Crippen LogP) is 3.66. The predicted molar refractivity (Wildman–Crippen MR) is 132 cm³/mol. The summed E-state index contributed by atoms with van der Waals surface area (Å²) in [7, 11) is -3.64. The molecule has 0 saturated heterocycles. The van der Waals surface area contributed by atoms with E-state index in [1.165, 1.54) is 12.3 Å². The summed E-state index contributed by atoms with van der Waals surface area (Å²) in [6, 6.07) is 17.5. The van der Waals surface area contributed by atoms with Gasteiger partial charge in [-0.05, 0) is 29.2 Å². The van der Waals surface area contributed by atoms with Gasteiger partial charge >= 0.3 is 0 Å². The highest BCUT2D eigenvalue weighted by molar-refractivity contribution is 7.88. The van der Waals surface area contributed by atoms with Crippen LogP contribution in [0.3, 0.4) is 0 Å². The number of halogens is 1. The Morgan fingerprint density at radius 3 is 2.56 bits per heavy atom. The smallest absolute Gasteiger partial charge is 0.239 e. The first-order chi connectivity index (χ1) is 17.4. The third-order valence-electron chi connectivity index (χ3n) is 5.15. The Labute approximate surface area is 205 Å². The van der Waals surface area contributed by atoms with Crippen LogP contribution in [0.1, 0.15) is 5.56 Å². The molecular formula is C24H20FN7O3S. The Balaban J connectivity index is 1.58. The molecule has 0 atom stereocenters. The van der Waals surface area contributed by atoms with Crippen molar-refractivity contribution in [1.29, 1.82) is 0 Å². The minimum absolute atomic E-state index is 0.0519. The van der Waals surface area contributed by atoms with Crippen molar-refractivity contribution in [3.8, 4) is 17.3 Å². The molecule has 0 aliphatic rings. The fourth-order valence-corrected chi connectivity index (χ4v) is 3.78. The fraction of sp³-hybridized carbons (Fsp3) is 0.0833. The first-order valence-electron chi connectivity index (χ1n) is 10.7. The zero-order chi connectivity index (χ0) is 25.1. The van der Waals surface area contributed by atoms with Crippen molar-refractivity contribution in [1.82, 2.24) is 29.6 Å². The molecule has 0 bridgehead atoms. The zero-order valence-electron chi connectivity index (χ0n) is 19.0. The van der Waals surface area contributed by atoms with Crippen LogP contribution in [0.5, 0.6) is 5.75 Å². The van der Waals surface area contributed by atoms with Gasteiger partial charge in [0.05, 0.1) is 24.5 Å². The Kier molecular flexibility index (Phi) is 6.27. The van der Waals surface area contributed by atoms with E-state index in [1.54, 1.807) is 47.4 Å². The summed E-state index contributed by atoms with van der Waals surface area (Å²) in [4.78, 5) is 20.1. The molecule has 10 nitrogen and oxygen atoms in total. The molecule has 0 aliphatic heterocycles. The monoisotopic (exact) mass is 505 g/mol. The van der Waals surface area contributed by atoms with Gasteiger partial charge in [0, 0.05) is 29.0 Å². The van der Waals surface area contributed by atoms with E-state index in [0.29, 0.717) is 16.9 Å². The van der Waals surface area contributed by atoms with Crippen LogP contribution in [0, 0.1) is 5.82 Å². The maximum absolute atomic E-state index is 14.3. The third-order valence-corrected chi connectivity index (χ3v) is 5.54. The van der Waals surface area contributed by atoms with Crippen molar-refractivity contribution in [3.63, 3.8) is 0 Å².